The van der Waals surface area contributed by atoms with E-state index >= 15 is 0 Å². The van der Waals surface area contributed by atoms with Crippen LogP contribution in [0.2, 0.25) is 0 Å². The summed E-state index contributed by atoms with van der Waals surface area (Å²) in [6.07, 6.45) is 0. The lowest BCUT2D eigenvalue weighted by Crippen LogP contribution is -2.20. The Morgan fingerprint density at radius 1 is 1.23 bits per heavy atom. The van der Waals surface area contributed by atoms with E-state index in [0.29, 0.717) is 16.2 Å². The molecule has 1 N–H and O–H groups in total. The minimum atomic E-state index is -0.222. The molecule has 1 aromatic heterocycles. The minimum Gasteiger partial charge on any atom is -0.483 e. The zero-order valence-electron chi connectivity index (χ0n) is 14.3. The summed E-state index contributed by atoms with van der Waals surface area (Å²) in [5.74, 6) is 0.481. The fraction of sp³-hybridized carbons (Fsp3) is 0.167. The first kappa shape index (κ1) is 18.5. The number of ether oxygens (including phenoxy) is 1. The SMILES string of the molecule is Cc1ccccc1OCC(=O)Nc1ccccc1Sc1nc(Br)nn1C. The number of carbonyl (C=O) groups is 1. The highest BCUT2D eigenvalue weighted by Gasteiger charge is 2.12. The highest BCUT2D eigenvalue weighted by molar-refractivity contribution is 9.10. The van der Waals surface area contributed by atoms with Gasteiger partial charge in [-0.1, -0.05) is 30.3 Å². The molecular weight excluding hydrogens is 416 g/mol. The molecule has 2 aromatic carbocycles. The van der Waals surface area contributed by atoms with E-state index in [9.17, 15) is 4.79 Å². The molecule has 0 unspecified atom stereocenters. The van der Waals surface area contributed by atoms with Gasteiger partial charge in [0.2, 0.25) is 4.73 Å². The van der Waals surface area contributed by atoms with Gasteiger partial charge in [-0.2, -0.15) is 4.98 Å². The first-order valence-electron chi connectivity index (χ1n) is 7.84. The summed E-state index contributed by atoms with van der Waals surface area (Å²) in [5, 5.41) is 7.77. The highest BCUT2D eigenvalue weighted by Crippen LogP contribution is 2.32. The van der Waals surface area contributed by atoms with Crippen LogP contribution in [0.25, 0.3) is 0 Å². The molecule has 0 radical (unpaired) electrons. The zero-order chi connectivity index (χ0) is 18.5. The number of amides is 1. The molecule has 0 aliphatic heterocycles. The van der Waals surface area contributed by atoms with Gasteiger partial charge in [-0.15, -0.1) is 5.10 Å². The molecule has 134 valence electrons. The molecule has 0 aliphatic carbocycles. The van der Waals surface area contributed by atoms with E-state index in [-0.39, 0.29) is 12.5 Å². The first-order chi connectivity index (χ1) is 12.5. The smallest absolute Gasteiger partial charge is 0.262 e. The van der Waals surface area contributed by atoms with Crippen molar-refractivity contribution in [1.29, 1.82) is 0 Å². The normalized spacial score (nSPS) is 10.6. The molecule has 1 heterocycles. The average Bonchev–Trinajstić information content (AvgIpc) is 2.93. The van der Waals surface area contributed by atoms with Crippen LogP contribution in [0.1, 0.15) is 5.56 Å². The number of para-hydroxylation sites is 2. The van der Waals surface area contributed by atoms with Crippen molar-refractivity contribution in [3.8, 4) is 5.75 Å². The Morgan fingerprint density at radius 3 is 2.69 bits per heavy atom. The number of aromatic nitrogens is 3. The van der Waals surface area contributed by atoms with Gasteiger partial charge in [-0.25, -0.2) is 4.68 Å². The van der Waals surface area contributed by atoms with E-state index in [0.717, 1.165) is 15.6 Å². The van der Waals surface area contributed by atoms with Crippen LogP contribution in [-0.4, -0.2) is 27.3 Å². The second-order valence-corrected chi connectivity index (χ2v) is 7.21. The number of rotatable bonds is 6. The number of benzene rings is 2. The quantitative estimate of drug-likeness (QED) is 0.635. The van der Waals surface area contributed by atoms with Crippen molar-refractivity contribution in [2.75, 3.05) is 11.9 Å². The van der Waals surface area contributed by atoms with Crippen molar-refractivity contribution in [2.24, 2.45) is 7.05 Å². The fourth-order valence-corrected chi connectivity index (χ4v) is 3.63. The van der Waals surface area contributed by atoms with Gasteiger partial charge in [0.15, 0.2) is 11.8 Å². The lowest BCUT2D eigenvalue weighted by atomic mass is 10.2. The third-order valence-electron chi connectivity index (χ3n) is 3.51. The lowest BCUT2D eigenvalue weighted by molar-refractivity contribution is -0.118. The number of hydrogen-bond donors (Lipinski definition) is 1. The van der Waals surface area contributed by atoms with Gasteiger partial charge in [0.25, 0.3) is 5.91 Å². The van der Waals surface area contributed by atoms with Gasteiger partial charge in [-0.3, -0.25) is 4.79 Å². The molecule has 0 atom stereocenters. The highest BCUT2D eigenvalue weighted by atomic mass is 79.9. The van der Waals surface area contributed by atoms with E-state index in [1.54, 1.807) is 4.68 Å². The van der Waals surface area contributed by atoms with Crippen LogP contribution in [0.4, 0.5) is 5.69 Å². The first-order valence-corrected chi connectivity index (χ1v) is 9.45. The van der Waals surface area contributed by atoms with Crippen molar-refractivity contribution < 1.29 is 9.53 Å². The molecule has 0 bridgehead atoms. The molecule has 8 heteroatoms. The Morgan fingerprint density at radius 2 is 1.96 bits per heavy atom. The summed E-state index contributed by atoms with van der Waals surface area (Å²) in [4.78, 5) is 17.5. The second-order valence-electron chi connectivity index (χ2n) is 5.49. The predicted molar refractivity (Wildman–Crippen MR) is 105 cm³/mol. The summed E-state index contributed by atoms with van der Waals surface area (Å²) in [6, 6.07) is 15.1. The maximum absolute atomic E-state index is 12.3. The van der Waals surface area contributed by atoms with E-state index in [1.807, 2.05) is 62.5 Å². The van der Waals surface area contributed by atoms with Crippen LogP contribution in [0, 0.1) is 6.92 Å². The molecule has 0 saturated heterocycles. The fourth-order valence-electron chi connectivity index (χ4n) is 2.23. The summed E-state index contributed by atoms with van der Waals surface area (Å²) >= 11 is 4.69. The third kappa shape index (κ3) is 4.64. The van der Waals surface area contributed by atoms with Gasteiger partial charge in [-0.05, 0) is 58.4 Å². The summed E-state index contributed by atoms with van der Waals surface area (Å²) in [6.45, 7) is 1.89. The summed E-state index contributed by atoms with van der Waals surface area (Å²) < 4.78 is 7.80. The number of hydrogen-bond acceptors (Lipinski definition) is 5. The molecule has 3 rings (SSSR count). The Kier molecular flexibility index (Phi) is 5.95. The van der Waals surface area contributed by atoms with Gasteiger partial charge in [0.05, 0.1) is 5.69 Å². The zero-order valence-corrected chi connectivity index (χ0v) is 16.7. The largest absolute Gasteiger partial charge is 0.483 e. The van der Waals surface area contributed by atoms with Crippen LogP contribution in [0.5, 0.6) is 5.75 Å². The number of nitrogens with zero attached hydrogens (tertiary/aromatic N) is 3. The molecule has 0 saturated carbocycles. The Labute approximate surface area is 164 Å². The predicted octanol–water partition coefficient (Wildman–Crippen LogP) is 4.05. The Bertz CT molecular complexity index is 929. The molecule has 3 aromatic rings. The van der Waals surface area contributed by atoms with Crippen molar-refractivity contribution >= 4 is 39.3 Å². The van der Waals surface area contributed by atoms with Crippen LogP contribution in [0.15, 0.2) is 63.3 Å². The standard InChI is InChI=1S/C18H17BrN4O2S/c1-12-7-3-5-9-14(12)25-11-16(24)20-13-8-4-6-10-15(13)26-18-21-17(19)22-23(18)2/h3-10H,11H2,1-2H3,(H,20,24). The van der Waals surface area contributed by atoms with Crippen LogP contribution in [-0.2, 0) is 11.8 Å². The van der Waals surface area contributed by atoms with Crippen LogP contribution < -0.4 is 10.1 Å². The summed E-state index contributed by atoms with van der Waals surface area (Å²) in [7, 11) is 1.82. The van der Waals surface area contributed by atoms with Crippen LogP contribution >= 0.6 is 27.7 Å². The topological polar surface area (TPSA) is 69.0 Å². The monoisotopic (exact) mass is 432 g/mol. The van der Waals surface area contributed by atoms with Gasteiger partial charge in [0, 0.05) is 11.9 Å². The minimum absolute atomic E-state index is 0.0562. The average molecular weight is 433 g/mol. The molecule has 26 heavy (non-hydrogen) atoms. The number of carbonyl (C=O) groups excluding carboxylic acids is 1. The maximum atomic E-state index is 12.3. The number of nitrogens with one attached hydrogen (secondary N) is 1. The maximum Gasteiger partial charge on any atom is 0.262 e. The van der Waals surface area contributed by atoms with Crippen molar-refractivity contribution in [2.45, 2.75) is 17.0 Å². The molecule has 0 fully saturated rings. The van der Waals surface area contributed by atoms with E-state index in [2.05, 4.69) is 31.3 Å². The molecule has 1 amide bonds. The molecule has 0 spiro atoms. The van der Waals surface area contributed by atoms with E-state index in [1.165, 1.54) is 11.8 Å². The van der Waals surface area contributed by atoms with Crippen molar-refractivity contribution in [3.05, 3.63) is 58.8 Å². The van der Waals surface area contributed by atoms with Gasteiger partial charge < -0.3 is 10.1 Å². The second kappa shape index (κ2) is 8.37. The Hall–Kier alpha value is -2.32. The van der Waals surface area contributed by atoms with Gasteiger partial charge >= 0.3 is 0 Å². The molecular formula is C18H17BrN4O2S. The van der Waals surface area contributed by atoms with Crippen molar-refractivity contribution in [1.82, 2.24) is 14.8 Å². The van der Waals surface area contributed by atoms with Crippen LogP contribution in [0.3, 0.4) is 0 Å². The molecule has 0 aliphatic rings. The van der Waals surface area contributed by atoms with E-state index < -0.39 is 0 Å². The third-order valence-corrected chi connectivity index (χ3v) is 4.96. The molecule has 6 nitrogen and oxygen atoms in total. The van der Waals surface area contributed by atoms with Crippen molar-refractivity contribution in [3.63, 3.8) is 0 Å². The van der Waals surface area contributed by atoms with E-state index in [4.69, 9.17) is 4.74 Å². The summed E-state index contributed by atoms with van der Waals surface area (Å²) in [5.41, 5.74) is 1.69. The Balaban J connectivity index is 1.67. The number of halogens is 1. The number of anilines is 1. The number of aryl methyl sites for hydroxylation is 2. The lowest BCUT2D eigenvalue weighted by Gasteiger charge is -2.12. The van der Waals surface area contributed by atoms with Gasteiger partial charge in [0.1, 0.15) is 5.75 Å².